The highest BCUT2D eigenvalue weighted by Crippen LogP contribution is 2.36. The molecular weight excluding hydrogens is 360 g/mol. The Hall–Kier alpha value is -1.86. The molecule has 1 aromatic heterocycles. The summed E-state index contributed by atoms with van der Waals surface area (Å²) in [6.07, 6.45) is 3.59. The third kappa shape index (κ3) is 3.11. The van der Waals surface area contributed by atoms with E-state index in [0.29, 0.717) is 6.79 Å². The maximum atomic E-state index is 5.48. The van der Waals surface area contributed by atoms with Gasteiger partial charge in [-0.3, -0.25) is 0 Å². The van der Waals surface area contributed by atoms with E-state index in [1.807, 2.05) is 12.1 Å². The van der Waals surface area contributed by atoms with Crippen LogP contribution in [-0.4, -0.2) is 42.9 Å². The Morgan fingerprint density at radius 2 is 1.78 bits per heavy atom. The highest BCUT2D eigenvalue weighted by atomic mass is 79.9. The van der Waals surface area contributed by atoms with E-state index < -0.39 is 0 Å². The van der Waals surface area contributed by atoms with Crippen molar-refractivity contribution in [2.24, 2.45) is 0 Å². The number of nitrogens with zero attached hydrogens (tertiary/aromatic N) is 3. The normalized spacial score (nSPS) is 17.5. The van der Waals surface area contributed by atoms with Gasteiger partial charge in [-0.2, -0.15) is 0 Å². The molecule has 2 aliphatic heterocycles. The van der Waals surface area contributed by atoms with E-state index in [9.17, 15) is 0 Å². The number of hydrogen-bond acceptors (Lipinski definition) is 5. The van der Waals surface area contributed by atoms with Gasteiger partial charge in [0.2, 0.25) is 12.7 Å². The van der Waals surface area contributed by atoms with Crippen molar-refractivity contribution in [2.45, 2.75) is 6.54 Å². The van der Waals surface area contributed by atoms with Crippen LogP contribution < -0.4 is 19.3 Å². The van der Waals surface area contributed by atoms with Gasteiger partial charge in [-0.1, -0.05) is 15.9 Å². The molecule has 7 heteroatoms. The maximum Gasteiger partial charge on any atom is 0.231 e. The summed E-state index contributed by atoms with van der Waals surface area (Å²) in [6, 6.07) is 5.94. The maximum absolute atomic E-state index is 5.48. The third-order valence-corrected chi connectivity index (χ3v) is 5.03. The first-order valence-electron chi connectivity index (χ1n) is 7.73. The van der Waals surface area contributed by atoms with Crippen LogP contribution in [0.1, 0.15) is 5.56 Å². The molecule has 1 aromatic carbocycles. The van der Waals surface area contributed by atoms with Crippen LogP contribution in [0.15, 0.2) is 35.1 Å². The van der Waals surface area contributed by atoms with Crippen LogP contribution in [0.2, 0.25) is 0 Å². The second kappa shape index (κ2) is 6.33. The van der Waals surface area contributed by atoms with Gasteiger partial charge in [0, 0.05) is 22.4 Å². The van der Waals surface area contributed by atoms with Crippen molar-refractivity contribution >= 4 is 21.9 Å². The van der Waals surface area contributed by atoms with Gasteiger partial charge in [0.15, 0.2) is 11.5 Å². The molecule has 0 spiro atoms. The monoisotopic (exact) mass is 377 g/mol. The molecule has 6 nitrogen and oxygen atoms in total. The fourth-order valence-corrected chi connectivity index (χ4v) is 3.48. The number of quaternary nitrogens is 1. The lowest BCUT2D eigenvalue weighted by Gasteiger charge is -2.32. The summed E-state index contributed by atoms with van der Waals surface area (Å²) >= 11 is 3.65. The number of piperazine rings is 1. The Kier molecular flexibility index (Phi) is 4.05. The largest absolute Gasteiger partial charge is 0.454 e. The van der Waals surface area contributed by atoms with Crippen molar-refractivity contribution in [2.75, 3.05) is 37.9 Å². The Bertz CT molecular complexity index is 690. The molecule has 0 radical (unpaired) electrons. The number of nitrogens with one attached hydrogen (secondary N) is 1. The first kappa shape index (κ1) is 14.7. The molecule has 0 saturated carbocycles. The van der Waals surface area contributed by atoms with Crippen LogP contribution >= 0.6 is 15.9 Å². The number of ether oxygens (including phenoxy) is 2. The molecule has 2 aromatic rings. The van der Waals surface area contributed by atoms with E-state index in [1.54, 1.807) is 17.3 Å². The number of fused-ring (bicyclic) bond motifs is 1. The Morgan fingerprint density at radius 1 is 1.09 bits per heavy atom. The molecule has 0 bridgehead atoms. The lowest BCUT2D eigenvalue weighted by Crippen LogP contribution is -3.13. The van der Waals surface area contributed by atoms with Crippen molar-refractivity contribution in [3.8, 4) is 11.5 Å². The highest BCUT2D eigenvalue weighted by molar-refractivity contribution is 9.10. The van der Waals surface area contributed by atoms with Crippen molar-refractivity contribution in [3.05, 3.63) is 40.6 Å². The molecule has 120 valence electrons. The van der Waals surface area contributed by atoms with Crippen molar-refractivity contribution in [1.82, 2.24) is 9.97 Å². The first-order chi connectivity index (χ1) is 11.3. The van der Waals surface area contributed by atoms with Gasteiger partial charge in [-0.05, 0) is 18.2 Å². The molecule has 0 atom stereocenters. The van der Waals surface area contributed by atoms with Crippen LogP contribution in [0.3, 0.4) is 0 Å². The molecule has 0 amide bonds. The quantitative estimate of drug-likeness (QED) is 0.860. The van der Waals surface area contributed by atoms with Gasteiger partial charge in [0.25, 0.3) is 0 Å². The summed E-state index contributed by atoms with van der Waals surface area (Å²) in [7, 11) is 0. The van der Waals surface area contributed by atoms with Crippen LogP contribution in [-0.2, 0) is 6.54 Å². The number of hydrogen-bond donors (Lipinski definition) is 1. The third-order valence-electron chi connectivity index (χ3n) is 4.29. The molecule has 4 rings (SSSR count). The molecule has 2 aliphatic rings. The van der Waals surface area contributed by atoms with E-state index >= 15 is 0 Å². The van der Waals surface area contributed by atoms with Gasteiger partial charge in [-0.25, -0.2) is 9.97 Å². The molecule has 1 N–H and O–H groups in total. The lowest BCUT2D eigenvalue weighted by molar-refractivity contribution is -0.914. The van der Waals surface area contributed by atoms with E-state index in [4.69, 9.17) is 9.47 Å². The minimum atomic E-state index is 0.313. The molecule has 1 fully saturated rings. The van der Waals surface area contributed by atoms with Gasteiger partial charge in [0.1, 0.15) is 6.54 Å². The topological polar surface area (TPSA) is 51.9 Å². The van der Waals surface area contributed by atoms with Crippen LogP contribution in [0.25, 0.3) is 0 Å². The summed E-state index contributed by atoms with van der Waals surface area (Å²) in [5.74, 6) is 2.50. The number of halogens is 1. The predicted octanol–water partition coefficient (Wildman–Crippen LogP) is 0.873. The minimum absolute atomic E-state index is 0.313. The average Bonchev–Trinajstić information content (AvgIpc) is 3.04. The summed E-state index contributed by atoms with van der Waals surface area (Å²) in [5.41, 5.74) is 1.26. The molecule has 0 aliphatic carbocycles. The highest BCUT2D eigenvalue weighted by Gasteiger charge is 2.24. The van der Waals surface area contributed by atoms with E-state index in [1.165, 1.54) is 5.56 Å². The number of rotatable bonds is 3. The summed E-state index contributed by atoms with van der Waals surface area (Å²) in [6.45, 7) is 5.37. The van der Waals surface area contributed by atoms with E-state index in [2.05, 4.69) is 36.9 Å². The standard InChI is InChI=1S/C16H17BrN4O2/c17-13-9-15-14(22-11-23-15)8-12(13)10-20-4-6-21(7-5-20)16-18-2-1-3-19-16/h1-3,8-9H,4-7,10-11H2/p+1. The van der Waals surface area contributed by atoms with Crippen LogP contribution in [0.4, 0.5) is 5.95 Å². The van der Waals surface area contributed by atoms with Crippen molar-refractivity contribution in [3.63, 3.8) is 0 Å². The van der Waals surface area contributed by atoms with Crippen molar-refractivity contribution in [1.29, 1.82) is 0 Å². The molecule has 3 heterocycles. The second-order valence-corrected chi connectivity index (χ2v) is 6.61. The minimum Gasteiger partial charge on any atom is -0.454 e. The predicted molar refractivity (Wildman–Crippen MR) is 88.9 cm³/mol. The summed E-state index contributed by atoms with van der Waals surface area (Å²) in [4.78, 5) is 12.5. The smallest absolute Gasteiger partial charge is 0.231 e. The zero-order valence-electron chi connectivity index (χ0n) is 12.7. The van der Waals surface area contributed by atoms with E-state index in [0.717, 1.165) is 54.6 Å². The summed E-state index contributed by atoms with van der Waals surface area (Å²) in [5, 5.41) is 0. The molecule has 1 saturated heterocycles. The van der Waals surface area contributed by atoms with Gasteiger partial charge in [0.05, 0.1) is 26.2 Å². The molecule has 0 unspecified atom stereocenters. The van der Waals surface area contributed by atoms with Crippen LogP contribution in [0.5, 0.6) is 11.5 Å². The van der Waals surface area contributed by atoms with Crippen molar-refractivity contribution < 1.29 is 14.4 Å². The average molecular weight is 378 g/mol. The number of benzene rings is 1. The second-order valence-electron chi connectivity index (χ2n) is 5.76. The zero-order chi connectivity index (χ0) is 15.6. The fourth-order valence-electron chi connectivity index (χ4n) is 3.02. The van der Waals surface area contributed by atoms with Gasteiger partial charge < -0.3 is 19.3 Å². The SMILES string of the molecule is Brc1cc2c(cc1C[NH+]1CCN(c3ncccn3)CC1)OCO2. The zero-order valence-corrected chi connectivity index (χ0v) is 14.3. The van der Waals surface area contributed by atoms with Crippen LogP contribution in [0, 0.1) is 0 Å². The van der Waals surface area contributed by atoms with Gasteiger partial charge in [-0.15, -0.1) is 0 Å². The summed E-state index contributed by atoms with van der Waals surface area (Å²) < 4.78 is 12.0. The van der Waals surface area contributed by atoms with E-state index in [-0.39, 0.29) is 0 Å². The Morgan fingerprint density at radius 3 is 2.52 bits per heavy atom. The Balaban J connectivity index is 1.40. The lowest BCUT2D eigenvalue weighted by atomic mass is 10.1. The number of aromatic nitrogens is 2. The number of anilines is 1. The van der Waals surface area contributed by atoms with Gasteiger partial charge >= 0.3 is 0 Å². The molecular formula is C16H18BrN4O2+. The Labute approximate surface area is 143 Å². The molecule has 23 heavy (non-hydrogen) atoms. The first-order valence-corrected chi connectivity index (χ1v) is 8.52. The fraction of sp³-hybridized carbons (Fsp3) is 0.375.